The summed E-state index contributed by atoms with van der Waals surface area (Å²) in [5, 5.41) is 21.3. The summed E-state index contributed by atoms with van der Waals surface area (Å²) >= 11 is 12.4. The van der Waals surface area contributed by atoms with Crippen molar-refractivity contribution in [3.63, 3.8) is 0 Å². The maximum absolute atomic E-state index is 12.1. The summed E-state index contributed by atoms with van der Waals surface area (Å²) in [6.07, 6.45) is 0. The zero-order valence-corrected chi connectivity index (χ0v) is 17.1. The highest BCUT2D eigenvalue weighted by atomic mass is 35.5. The smallest absolute Gasteiger partial charge is 0.338 e. The topological polar surface area (TPSA) is 139 Å². The number of non-ortho nitro benzene ring substituents is 2. The van der Waals surface area contributed by atoms with Crippen molar-refractivity contribution in [1.82, 2.24) is 0 Å². The number of esters is 2. The van der Waals surface area contributed by atoms with Gasteiger partial charge in [0, 0.05) is 36.1 Å². The number of rotatable bonds is 8. The van der Waals surface area contributed by atoms with Crippen molar-refractivity contribution in [2.75, 3.05) is 13.2 Å². The summed E-state index contributed by atoms with van der Waals surface area (Å²) in [7, 11) is 0. The molecular weight excluding hydrogens is 455 g/mol. The first-order valence-electron chi connectivity index (χ1n) is 8.82. The Kier molecular flexibility index (Phi) is 6.42. The Labute approximate surface area is 184 Å². The molecule has 0 heterocycles. The molecule has 2 aromatic rings. The first kappa shape index (κ1) is 22.4. The molecule has 162 valence electrons. The molecule has 31 heavy (non-hydrogen) atoms. The number of carbonyl (C=O) groups excluding carboxylic acids is 2. The average Bonchev–Trinajstić information content (AvgIpc) is 3.28. The van der Waals surface area contributed by atoms with Crippen LogP contribution in [0.15, 0.2) is 48.5 Å². The third kappa shape index (κ3) is 5.09. The van der Waals surface area contributed by atoms with Gasteiger partial charge in [-0.15, -0.1) is 23.2 Å². The highest BCUT2D eigenvalue weighted by Gasteiger charge is 2.64. The van der Waals surface area contributed by atoms with E-state index in [2.05, 4.69) is 0 Å². The third-order valence-corrected chi connectivity index (χ3v) is 5.90. The minimum Gasteiger partial charge on any atom is -0.462 e. The second-order valence-electron chi connectivity index (χ2n) is 6.69. The fourth-order valence-corrected chi connectivity index (χ4v) is 3.59. The Bertz CT molecular complexity index is 943. The van der Waals surface area contributed by atoms with Crippen molar-refractivity contribution < 1.29 is 28.9 Å². The Hall–Kier alpha value is -3.24. The molecule has 0 saturated heterocycles. The Morgan fingerprint density at radius 2 is 1.10 bits per heavy atom. The summed E-state index contributed by atoms with van der Waals surface area (Å²) < 4.78 is 9.07. The second-order valence-corrected chi connectivity index (χ2v) is 8.14. The highest BCUT2D eigenvalue weighted by molar-refractivity contribution is 6.51. The number of hydrogen-bond donors (Lipinski definition) is 0. The fourth-order valence-electron chi connectivity index (χ4n) is 2.85. The van der Waals surface area contributed by atoms with Gasteiger partial charge in [0.05, 0.1) is 34.2 Å². The van der Waals surface area contributed by atoms with Crippen molar-refractivity contribution in [3.8, 4) is 0 Å². The van der Waals surface area contributed by atoms with Crippen molar-refractivity contribution >= 4 is 46.5 Å². The lowest BCUT2D eigenvalue weighted by molar-refractivity contribution is -0.385. The second kappa shape index (κ2) is 8.86. The van der Waals surface area contributed by atoms with Gasteiger partial charge < -0.3 is 9.47 Å². The monoisotopic (exact) mass is 468 g/mol. The van der Waals surface area contributed by atoms with Crippen LogP contribution in [0.1, 0.15) is 20.7 Å². The zero-order chi connectivity index (χ0) is 22.8. The third-order valence-electron chi connectivity index (χ3n) is 4.78. The van der Waals surface area contributed by atoms with Gasteiger partial charge in [0.25, 0.3) is 11.4 Å². The normalized spacial score (nSPS) is 18.6. The van der Waals surface area contributed by atoms with E-state index in [4.69, 9.17) is 32.7 Å². The first-order chi connectivity index (χ1) is 14.6. The van der Waals surface area contributed by atoms with Gasteiger partial charge in [0.1, 0.15) is 4.33 Å². The van der Waals surface area contributed by atoms with Crippen LogP contribution >= 0.6 is 23.2 Å². The van der Waals surface area contributed by atoms with Crippen LogP contribution in [0, 0.1) is 32.1 Å². The number of benzene rings is 2. The largest absolute Gasteiger partial charge is 0.462 e. The fraction of sp³-hybridized carbons (Fsp3) is 0.263. The SMILES string of the molecule is O=C(OC[C@@H]1[C@@H](COC(=O)c2ccc([N+](=O)[O-])cc2)C1(Cl)Cl)c1ccc([N+](=O)[O-])cc1. The molecule has 0 aliphatic heterocycles. The predicted molar refractivity (Wildman–Crippen MR) is 108 cm³/mol. The first-order valence-corrected chi connectivity index (χ1v) is 9.58. The van der Waals surface area contributed by atoms with Crippen LogP contribution in [-0.4, -0.2) is 39.3 Å². The zero-order valence-electron chi connectivity index (χ0n) is 15.6. The molecule has 0 spiro atoms. The van der Waals surface area contributed by atoms with Crippen LogP contribution in [0.4, 0.5) is 11.4 Å². The lowest BCUT2D eigenvalue weighted by Gasteiger charge is -2.05. The molecule has 2 atom stereocenters. The van der Waals surface area contributed by atoms with Crippen molar-refractivity contribution in [2.24, 2.45) is 11.8 Å². The Morgan fingerprint density at radius 3 is 1.39 bits per heavy atom. The molecule has 3 rings (SSSR count). The number of nitro benzene ring substituents is 2. The van der Waals surface area contributed by atoms with Crippen LogP contribution in [0.2, 0.25) is 0 Å². The summed E-state index contributed by atoms with van der Waals surface area (Å²) in [4.78, 5) is 44.3. The molecule has 1 saturated carbocycles. The van der Waals surface area contributed by atoms with Crippen LogP contribution in [0.5, 0.6) is 0 Å². The van der Waals surface area contributed by atoms with E-state index in [9.17, 15) is 29.8 Å². The van der Waals surface area contributed by atoms with Crippen molar-refractivity contribution in [3.05, 3.63) is 79.9 Å². The van der Waals surface area contributed by atoms with Gasteiger partial charge in [-0.3, -0.25) is 20.2 Å². The van der Waals surface area contributed by atoms with E-state index in [1.54, 1.807) is 0 Å². The van der Waals surface area contributed by atoms with E-state index in [0.29, 0.717) is 0 Å². The van der Waals surface area contributed by atoms with Gasteiger partial charge >= 0.3 is 11.9 Å². The van der Waals surface area contributed by atoms with E-state index >= 15 is 0 Å². The highest BCUT2D eigenvalue weighted by Crippen LogP contribution is 2.59. The van der Waals surface area contributed by atoms with Crippen LogP contribution in [0.3, 0.4) is 0 Å². The molecule has 0 unspecified atom stereocenters. The number of ether oxygens (including phenoxy) is 2. The minimum absolute atomic E-state index is 0.127. The number of alkyl halides is 2. The molecule has 0 bridgehead atoms. The van der Waals surface area contributed by atoms with Gasteiger partial charge in [0.15, 0.2) is 0 Å². The maximum atomic E-state index is 12.1. The van der Waals surface area contributed by atoms with Gasteiger partial charge in [-0.1, -0.05) is 0 Å². The molecule has 1 aliphatic rings. The lowest BCUT2D eigenvalue weighted by Crippen LogP contribution is -2.11. The van der Waals surface area contributed by atoms with E-state index in [1.807, 2.05) is 0 Å². The van der Waals surface area contributed by atoms with E-state index in [1.165, 1.54) is 48.5 Å². The molecular formula is C19H14Cl2N2O8. The number of nitrogens with zero attached hydrogens (tertiary/aromatic N) is 2. The molecule has 1 aliphatic carbocycles. The molecule has 0 N–H and O–H groups in total. The van der Waals surface area contributed by atoms with E-state index in [0.717, 1.165) is 0 Å². The molecule has 0 aromatic heterocycles. The van der Waals surface area contributed by atoms with Crippen LogP contribution < -0.4 is 0 Å². The van der Waals surface area contributed by atoms with E-state index in [-0.39, 0.29) is 35.7 Å². The van der Waals surface area contributed by atoms with Crippen LogP contribution in [0.25, 0.3) is 0 Å². The van der Waals surface area contributed by atoms with E-state index < -0.39 is 38.0 Å². The summed E-state index contributed by atoms with van der Waals surface area (Å²) in [6.45, 7) is -0.273. The van der Waals surface area contributed by atoms with Crippen LogP contribution in [-0.2, 0) is 9.47 Å². The molecule has 12 heteroatoms. The number of halogens is 2. The predicted octanol–water partition coefficient (Wildman–Crippen LogP) is 3.94. The van der Waals surface area contributed by atoms with Crippen molar-refractivity contribution in [1.29, 1.82) is 0 Å². The van der Waals surface area contributed by atoms with Crippen molar-refractivity contribution in [2.45, 2.75) is 4.33 Å². The molecule has 1 fully saturated rings. The number of hydrogen-bond acceptors (Lipinski definition) is 8. The minimum atomic E-state index is -1.26. The molecule has 0 radical (unpaired) electrons. The van der Waals surface area contributed by atoms with Gasteiger partial charge in [-0.25, -0.2) is 9.59 Å². The van der Waals surface area contributed by atoms with Gasteiger partial charge in [0.2, 0.25) is 0 Å². The maximum Gasteiger partial charge on any atom is 0.338 e. The summed E-state index contributed by atoms with van der Waals surface area (Å²) in [6, 6.07) is 9.81. The lowest BCUT2D eigenvalue weighted by atomic mass is 10.2. The summed E-state index contributed by atoms with van der Waals surface area (Å²) in [5.74, 6) is -2.37. The molecule has 2 aromatic carbocycles. The average molecular weight is 469 g/mol. The van der Waals surface area contributed by atoms with Gasteiger partial charge in [-0.2, -0.15) is 0 Å². The van der Waals surface area contributed by atoms with Gasteiger partial charge in [-0.05, 0) is 24.3 Å². The quantitative estimate of drug-likeness (QED) is 0.245. The molecule has 10 nitrogen and oxygen atoms in total. The number of nitro groups is 2. The standard InChI is InChI=1S/C19H14Cl2N2O8/c20-19(21)15(9-30-17(24)11-1-5-13(6-2-11)22(26)27)16(19)10-31-18(25)12-3-7-14(8-4-12)23(28)29/h1-8,15-16H,9-10H2/t15-,16-/m1/s1. The molecule has 0 amide bonds. The summed E-state index contributed by atoms with van der Waals surface area (Å²) in [5.41, 5.74) is -0.0624. The Morgan fingerprint density at radius 1 is 0.774 bits per heavy atom. The Balaban J connectivity index is 1.50. The number of carbonyl (C=O) groups is 2.